The smallest absolute Gasteiger partial charge is 0.129 e. The van der Waals surface area contributed by atoms with Crippen LogP contribution in [0.5, 0.6) is 5.75 Å². The third-order valence-corrected chi connectivity index (χ3v) is 2.41. The molecule has 0 fully saturated rings. The molecule has 0 aliphatic rings. The van der Waals surface area contributed by atoms with Gasteiger partial charge >= 0.3 is 0 Å². The molecule has 0 spiro atoms. The first-order chi connectivity index (χ1) is 8.13. The van der Waals surface area contributed by atoms with Gasteiger partial charge in [-0.2, -0.15) is 0 Å². The topological polar surface area (TPSA) is 9.23 Å². The zero-order chi connectivity index (χ0) is 12.3. The van der Waals surface area contributed by atoms with Crippen molar-refractivity contribution in [2.45, 2.75) is 6.61 Å². The average Bonchev–Trinajstić information content (AvgIpc) is 2.27. The van der Waals surface area contributed by atoms with Gasteiger partial charge in [0.15, 0.2) is 0 Å². The summed E-state index contributed by atoms with van der Waals surface area (Å²) < 4.78 is 31.0. The number of benzene rings is 2. The maximum absolute atomic E-state index is 12.9. The van der Waals surface area contributed by atoms with Crippen molar-refractivity contribution in [2.75, 3.05) is 0 Å². The van der Waals surface area contributed by atoms with Crippen LogP contribution in [0.3, 0.4) is 0 Å². The van der Waals surface area contributed by atoms with Gasteiger partial charge in [-0.25, -0.2) is 8.78 Å². The zero-order valence-corrected chi connectivity index (χ0v) is 9.55. The van der Waals surface area contributed by atoms with Crippen LogP contribution in [0.4, 0.5) is 8.78 Å². The number of halogens is 3. The number of hydrogen-bond donors (Lipinski definition) is 0. The molecule has 0 heterocycles. The largest absolute Gasteiger partial charge is 0.489 e. The molecule has 0 amide bonds. The lowest BCUT2D eigenvalue weighted by Gasteiger charge is -2.06. The third-order valence-electron chi connectivity index (χ3n) is 2.15. The van der Waals surface area contributed by atoms with Crippen molar-refractivity contribution in [3.05, 3.63) is 64.7 Å². The van der Waals surface area contributed by atoms with Crippen molar-refractivity contribution in [1.29, 1.82) is 0 Å². The van der Waals surface area contributed by atoms with E-state index in [2.05, 4.69) is 0 Å². The van der Waals surface area contributed by atoms with Gasteiger partial charge in [-0.05, 0) is 17.7 Å². The van der Waals surface area contributed by atoms with E-state index in [-0.39, 0.29) is 12.4 Å². The molecule has 0 N–H and O–H groups in total. The van der Waals surface area contributed by atoms with Crippen LogP contribution in [0.25, 0.3) is 0 Å². The Labute approximate surface area is 103 Å². The summed E-state index contributed by atoms with van der Waals surface area (Å²) in [5.41, 5.74) is 0.874. The predicted molar refractivity (Wildman–Crippen MR) is 62.1 cm³/mol. The van der Waals surface area contributed by atoms with Crippen LogP contribution < -0.4 is 4.74 Å². The average molecular weight is 255 g/mol. The summed E-state index contributed by atoms with van der Waals surface area (Å²) >= 11 is 5.73. The van der Waals surface area contributed by atoms with Crippen LogP contribution in [-0.4, -0.2) is 0 Å². The summed E-state index contributed by atoms with van der Waals surface area (Å²) in [4.78, 5) is 0. The van der Waals surface area contributed by atoms with Gasteiger partial charge in [0, 0.05) is 23.2 Å². The summed E-state index contributed by atoms with van der Waals surface area (Å²) in [6.07, 6.45) is 0. The molecule has 0 bridgehead atoms. The van der Waals surface area contributed by atoms with Gasteiger partial charge in [-0.15, -0.1) is 0 Å². The van der Waals surface area contributed by atoms with Gasteiger partial charge in [0.2, 0.25) is 0 Å². The van der Waals surface area contributed by atoms with E-state index < -0.39 is 11.6 Å². The molecule has 2 rings (SSSR count). The molecule has 0 saturated heterocycles. The normalized spacial score (nSPS) is 10.3. The molecular formula is C13H9ClF2O. The molecule has 2 aromatic carbocycles. The lowest BCUT2D eigenvalue weighted by Crippen LogP contribution is -1.96. The van der Waals surface area contributed by atoms with Crippen molar-refractivity contribution in [1.82, 2.24) is 0 Å². The van der Waals surface area contributed by atoms with Crippen LogP contribution in [0.15, 0.2) is 42.5 Å². The highest BCUT2D eigenvalue weighted by Gasteiger charge is 2.02. The summed E-state index contributed by atoms with van der Waals surface area (Å²) in [5.74, 6) is -1.15. The second-order valence-electron chi connectivity index (χ2n) is 3.52. The third kappa shape index (κ3) is 3.43. The lowest BCUT2D eigenvalue weighted by atomic mass is 10.2. The zero-order valence-electron chi connectivity index (χ0n) is 8.79. The minimum atomic E-state index is -0.656. The standard InChI is InChI=1S/C13H9ClF2O/c14-10-3-1-9(2-4-10)8-17-13-6-11(15)5-12(16)7-13/h1-7H,8H2. The Balaban J connectivity index is 2.04. The van der Waals surface area contributed by atoms with Crippen LogP contribution >= 0.6 is 11.6 Å². The summed E-state index contributed by atoms with van der Waals surface area (Å²) in [6, 6.07) is 10.1. The predicted octanol–water partition coefficient (Wildman–Crippen LogP) is 4.20. The minimum absolute atomic E-state index is 0.164. The molecule has 17 heavy (non-hydrogen) atoms. The highest BCUT2D eigenvalue weighted by molar-refractivity contribution is 6.30. The summed E-state index contributed by atoms with van der Waals surface area (Å²) in [7, 11) is 0. The van der Waals surface area contributed by atoms with E-state index in [0.717, 1.165) is 23.8 Å². The lowest BCUT2D eigenvalue weighted by molar-refractivity contribution is 0.302. The molecule has 0 unspecified atom stereocenters. The van der Waals surface area contributed by atoms with Crippen LogP contribution in [0.2, 0.25) is 5.02 Å². The Kier molecular flexibility index (Phi) is 3.59. The van der Waals surface area contributed by atoms with Crippen molar-refractivity contribution >= 4 is 11.6 Å². The molecule has 0 aliphatic carbocycles. The van der Waals surface area contributed by atoms with Crippen molar-refractivity contribution in [2.24, 2.45) is 0 Å². The molecule has 1 nitrogen and oxygen atoms in total. The minimum Gasteiger partial charge on any atom is -0.489 e. The Bertz CT molecular complexity index is 491. The van der Waals surface area contributed by atoms with E-state index in [1.165, 1.54) is 0 Å². The van der Waals surface area contributed by atoms with Gasteiger partial charge in [0.05, 0.1) is 0 Å². The van der Waals surface area contributed by atoms with Crippen LogP contribution in [0, 0.1) is 11.6 Å². The SMILES string of the molecule is Fc1cc(F)cc(OCc2ccc(Cl)cc2)c1. The highest BCUT2D eigenvalue weighted by Crippen LogP contribution is 2.17. The van der Waals surface area contributed by atoms with E-state index in [1.54, 1.807) is 24.3 Å². The molecule has 88 valence electrons. The molecular weight excluding hydrogens is 246 g/mol. The van der Waals surface area contributed by atoms with Crippen LogP contribution in [0.1, 0.15) is 5.56 Å². The molecule has 0 saturated carbocycles. The Morgan fingerprint density at radius 1 is 0.941 bits per heavy atom. The fourth-order valence-corrected chi connectivity index (χ4v) is 1.49. The van der Waals surface area contributed by atoms with Crippen molar-refractivity contribution in [3.8, 4) is 5.75 Å². The highest BCUT2D eigenvalue weighted by atomic mass is 35.5. The monoisotopic (exact) mass is 254 g/mol. The maximum Gasteiger partial charge on any atom is 0.129 e. The number of rotatable bonds is 3. The van der Waals surface area contributed by atoms with Crippen molar-refractivity contribution in [3.63, 3.8) is 0 Å². The second kappa shape index (κ2) is 5.15. The molecule has 4 heteroatoms. The molecule has 0 radical (unpaired) electrons. The first kappa shape index (κ1) is 11.9. The summed E-state index contributed by atoms with van der Waals surface area (Å²) in [5, 5.41) is 0.630. The van der Waals surface area contributed by atoms with E-state index >= 15 is 0 Å². The number of hydrogen-bond acceptors (Lipinski definition) is 1. The van der Waals surface area contributed by atoms with Crippen LogP contribution in [-0.2, 0) is 6.61 Å². The van der Waals surface area contributed by atoms with E-state index in [4.69, 9.17) is 16.3 Å². The van der Waals surface area contributed by atoms with E-state index in [0.29, 0.717) is 5.02 Å². The van der Waals surface area contributed by atoms with Gasteiger partial charge in [-0.1, -0.05) is 23.7 Å². The molecule has 0 aliphatic heterocycles. The van der Waals surface area contributed by atoms with Gasteiger partial charge in [0.25, 0.3) is 0 Å². The van der Waals surface area contributed by atoms with Gasteiger partial charge < -0.3 is 4.74 Å². The fraction of sp³-hybridized carbons (Fsp3) is 0.0769. The van der Waals surface area contributed by atoms with Gasteiger partial charge in [0.1, 0.15) is 24.0 Å². The second-order valence-corrected chi connectivity index (χ2v) is 3.96. The molecule has 0 atom stereocenters. The number of ether oxygens (including phenoxy) is 1. The fourth-order valence-electron chi connectivity index (χ4n) is 1.36. The first-order valence-electron chi connectivity index (χ1n) is 4.97. The molecule has 0 aromatic heterocycles. The Morgan fingerprint density at radius 2 is 1.53 bits per heavy atom. The Morgan fingerprint density at radius 3 is 2.12 bits per heavy atom. The summed E-state index contributed by atoms with van der Waals surface area (Å²) in [6.45, 7) is 0.236. The van der Waals surface area contributed by atoms with E-state index in [1.807, 2.05) is 0 Å². The maximum atomic E-state index is 12.9. The Hall–Kier alpha value is -1.61. The van der Waals surface area contributed by atoms with Crippen molar-refractivity contribution < 1.29 is 13.5 Å². The first-order valence-corrected chi connectivity index (χ1v) is 5.34. The molecule has 2 aromatic rings. The van der Waals surface area contributed by atoms with E-state index in [9.17, 15) is 8.78 Å². The van der Waals surface area contributed by atoms with Gasteiger partial charge in [-0.3, -0.25) is 0 Å². The quantitative estimate of drug-likeness (QED) is 0.798.